The predicted octanol–water partition coefficient (Wildman–Crippen LogP) is 1.47. The van der Waals surface area contributed by atoms with Crippen molar-refractivity contribution in [2.45, 2.75) is 31.7 Å². The van der Waals surface area contributed by atoms with Gasteiger partial charge in [0.1, 0.15) is 10.7 Å². The molecule has 0 saturated heterocycles. The Morgan fingerprint density at radius 1 is 1.33 bits per heavy atom. The van der Waals surface area contributed by atoms with Crippen LogP contribution in [0.3, 0.4) is 0 Å². The topological polar surface area (TPSA) is 63.8 Å². The largest absolute Gasteiger partial charge is 0.388 e. The molecule has 3 N–H and O–H groups in total. The fourth-order valence-corrected chi connectivity index (χ4v) is 2.04. The molecule has 1 aliphatic rings. The molecule has 1 heterocycles. The Morgan fingerprint density at radius 2 is 2.00 bits per heavy atom. The highest BCUT2D eigenvalue weighted by molar-refractivity contribution is 7.80. The average Bonchev–Trinajstić information content (AvgIpc) is 2.71. The van der Waals surface area contributed by atoms with Gasteiger partial charge in [0.2, 0.25) is 0 Å². The van der Waals surface area contributed by atoms with Crippen molar-refractivity contribution < 1.29 is 0 Å². The summed E-state index contributed by atoms with van der Waals surface area (Å²) >= 11 is 4.93. The lowest BCUT2D eigenvalue weighted by Crippen LogP contribution is -2.21. The highest BCUT2D eigenvalue weighted by Crippen LogP contribution is 2.22. The number of nitrogens with two attached hydrogens (primary N) is 1. The third-order valence-corrected chi connectivity index (χ3v) is 2.82. The van der Waals surface area contributed by atoms with E-state index in [9.17, 15) is 0 Å². The van der Waals surface area contributed by atoms with Crippen LogP contribution in [0.5, 0.6) is 0 Å². The quantitative estimate of drug-likeness (QED) is 0.758. The third kappa shape index (κ3) is 2.41. The highest BCUT2D eigenvalue weighted by Gasteiger charge is 2.17. The number of rotatable bonds is 3. The molecule has 0 amide bonds. The van der Waals surface area contributed by atoms with E-state index in [1.54, 1.807) is 12.4 Å². The zero-order chi connectivity index (χ0) is 10.7. The molecule has 0 aromatic carbocycles. The van der Waals surface area contributed by atoms with Crippen molar-refractivity contribution in [1.82, 2.24) is 9.97 Å². The second-order valence-corrected chi connectivity index (χ2v) is 4.18. The van der Waals surface area contributed by atoms with Crippen molar-refractivity contribution in [1.29, 1.82) is 0 Å². The molecule has 80 valence electrons. The van der Waals surface area contributed by atoms with Gasteiger partial charge in [0.25, 0.3) is 0 Å². The summed E-state index contributed by atoms with van der Waals surface area (Å²) in [5.41, 5.74) is 6.17. The Morgan fingerprint density at radius 3 is 2.67 bits per heavy atom. The first kappa shape index (κ1) is 10.3. The number of nitrogens with one attached hydrogen (secondary N) is 1. The number of thiocarbonyl (C=S) groups is 1. The smallest absolute Gasteiger partial charge is 0.155 e. The Hall–Kier alpha value is -1.23. The summed E-state index contributed by atoms with van der Waals surface area (Å²) in [6.45, 7) is 0. The van der Waals surface area contributed by atoms with Crippen LogP contribution in [0.1, 0.15) is 31.4 Å². The minimum absolute atomic E-state index is 0.295. The van der Waals surface area contributed by atoms with Gasteiger partial charge in [-0.05, 0) is 12.8 Å². The van der Waals surface area contributed by atoms with Crippen molar-refractivity contribution in [2.75, 3.05) is 5.32 Å². The van der Waals surface area contributed by atoms with Gasteiger partial charge in [-0.1, -0.05) is 25.1 Å². The molecule has 5 heteroatoms. The van der Waals surface area contributed by atoms with Crippen molar-refractivity contribution in [3.63, 3.8) is 0 Å². The van der Waals surface area contributed by atoms with E-state index in [4.69, 9.17) is 18.0 Å². The van der Waals surface area contributed by atoms with Gasteiger partial charge in [0.15, 0.2) is 5.82 Å². The minimum Gasteiger partial charge on any atom is -0.388 e. The Labute approximate surface area is 94.3 Å². The van der Waals surface area contributed by atoms with Crippen molar-refractivity contribution in [2.24, 2.45) is 5.73 Å². The van der Waals surface area contributed by atoms with E-state index in [1.807, 2.05) is 0 Å². The molecule has 1 fully saturated rings. The molecular weight excluding hydrogens is 208 g/mol. The molecule has 0 spiro atoms. The van der Waals surface area contributed by atoms with Crippen molar-refractivity contribution in [3.8, 4) is 0 Å². The van der Waals surface area contributed by atoms with Crippen LogP contribution in [0, 0.1) is 0 Å². The summed E-state index contributed by atoms with van der Waals surface area (Å²) < 4.78 is 0. The first-order valence-corrected chi connectivity index (χ1v) is 5.55. The monoisotopic (exact) mass is 222 g/mol. The van der Waals surface area contributed by atoms with Gasteiger partial charge in [-0.15, -0.1) is 0 Å². The van der Waals surface area contributed by atoms with Gasteiger partial charge in [0, 0.05) is 18.4 Å². The van der Waals surface area contributed by atoms with E-state index in [0.717, 1.165) is 5.82 Å². The maximum absolute atomic E-state index is 5.58. The van der Waals surface area contributed by atoms with Crippen molar-refractivity contribution in [3.05, 3.63) is 18.1 Å². The molecule has 1 aromatic rings. The fraction of sp³-hybridized carbons (Fsp3) is 0.500. The van der Waals surface area contributed by atoms with Crippen LogP contribution in [0.2, 0.25) is 0 Å². The molecule has 1 aliphatic carbocycles. The van der Waals surface area contributed by atoms with E-state index in [2.05, 4.69) is 15.3 Å². The standard InChI is InChI=1S/C10H14N4S/c11-9(15)8-10(13-6-5-12-8)14-7-3-1-2-4-7/h5-7H,1-4H2,(H2,11,15)(H,13,14). The maximum Gasteiger partial charge on any atom is 0.155 e. The second kappa shape index (κ2) is 4.53. The van der Waals surface area contributed by atoms with Gasteiger partial charge in [0.05, 0.1) is 0 Å². The number of aromatic nitrogens is 2. The highest BCUT2D eigenvalue weighted by atomic mass is 32.1. The summed E-state index contributed by atoms with van der Waals surface area (Å²) in [4.78, 5) is 8.65. The van der Waals surface area contributed by atoms with E-state index in [-0.39, 0.29) is 0 Å². The molecule has 4 nitrogen and oxygen atoms in total. The molecule has 15 heavy (non-hydrogen) atoms. The summed E-state index contributed by atoms with van der Waals surface area (Å²) in [6.07, 6.45) is 8.19. The molecule has 0 aliphatic heterocycles. The van der Waals surface area contributed by atoms with Crippen LogP contribution in [-0.4, -0.2) is 21.0 Å². The first-order valence-electron chi connectivity index (χ1n) is 5.14. The Balaban J connectivity index is 2.15. The van der Waals surface area contributed by atoms with Crippen LogP contribution >= 0.6 is 12.2 Å². The van der Waals surface area contributed by atoms with E-state index in [1.165, 1.54) is 25.7 Å². The SMILES string of the molecule is NC(=S)c1nccnc1NC1CCCC1. The molecule has 2 rings (SSSR count). The number of nitrogens with zero attached hydrogens (tertiary/aromatic N) is 2. The summed E-state index contributed by atoms with van der Waals surface area (Å²) in [5.74, 6) is 0.719. The summed E-state index contributed by atoms with van der Waals surface area (Å²) in [5, 5.41) is 3.35. The van der Waals surface area contributed by atoms with E-state index >= 15 is 0 Å². The number of anilines is 1. The van der Waals surface area contributed by atoms with Gasteiger partial charge in [-0.3, -0.25) is 0 Å². The predicted molar refractivity (Wildman–Crippen MR) is 63.8 cm³/mol. The van der Waals surface area contributed by atoms with Gasteiger partial charge in [-0.25, -0.2) is 9.97 Å². The van der Waals surface area contributed by atoms with E-state index < -0.39 is 0 Å². The summed E-state index contributed by atoms with van der Waals surface area (Å²) in [7, 11) is 0. The molecule has 0 radical (unpaired) electrons. The van der Waals surface area contributed by atoms with Crippen molar-refractivity contribution >= 4 is 23.0 Å². The summed E-state index contributed by atoms with van der Waals surface area (Å²) in [6, 6.07) is 0.495. The van der Waals surface area contributed by atoms with Crippen LogP contribution < -0.4 is 11.1 Å². The lowest BCUT2D eigenvalue weighted by molar-refractivity contribution is 0.749. The average molecular weight is 222 g/mol. The lowest BCUT2D eigenvalue weighted by Gasteiger charge is -2.14. The number of hydrogen-bond acceptors (Lipinski definition) is 4. The lowest BCUT2D eigenvalue weighted by atomic mass is 10.2. The normalized spacial score (nSPS) is 16.5. The zero-order valence-corrected chi connectivity index (χ0v) is 9.26. The van der Waals surface area contributed by atoms with Gasteiger partial charge < -0.3 is 11.1 Å². The Bertz CT molecular complexity index is 360. The molecule has 1 aromatic heterocycles. The van der Waals surface area contributed by atoms with Crippen LogP contribution in [0.4, 0.5) is 5.82 Å². The van der Waals surface area contributed by atoms with E-state index in [0.29, 0.717) is 16.7 Å². The third-order valence-electron chi connectivity index (χ3n) is 2.63. The minimum atomic E-state index is 0.295. The van der Waals surface area contributed by atoms with Gasteiger partial charge >= 0.3 is 0 Å². The second-order valence-electron chi connectivity index (χ2n) is 3.74. The van der Waals surface area contributed by atoms with Crippen LogP contribution in [0.15, 0.2) is 12.4 Å². The molecule has 0 unspecified atom stereocenters. The molecule has 0 atom stereocenters. The zero-order valence-electron chi connectivity index (χ0n) is 8.44. The van der Waals surface area contributed by atoms with Gasteiger partial charge in [-0.2, -0.15) is 0 Å². The van der Waals surface area contributed by atoms with Crippen LogP contribution in [-0.2, 0) is 0 Å². The molecule has 0 bridgehead atoms. The first-order chi connectivity index (χ1) is 7.27. The number of hydrogen-bond donors (Lipinski definition) is 2. The Kier molecular flexibility index (Phi) is 3.11. The molecular formula is C10H14N4S. The molecule has 1 saturated carbocycles. The maximum atomic E-state index is 5.58. The fourth-order valence-electron chi connectivity index (χ4n) is 1.89. The van der Waals surface area contributed by atoms with Crippen LogP contribution in [0.25, 0.3) is 0 Å².